The number of fused-ring (bicyclic) bond motifs is 1. The summed E-state index contributed by atoms with van der Waals surface area (Å²) in [7, 11) is 0. The van der Waals surface area contributed by atoms with Crippen LogP contribution in [0.2, 0.25) is 15.2 Å². The lowest BCUT2D eigenvalue weighted by Gasteiger charge is -2.05. The maximum absolute atomic E-state index is 6.12. The minimum atomic E-state index is 0.438. The van der Waals surface area contributed by atoms with E-state index in [9.17, 15) is 0 Å². The lowest BCUT2D eigenvalue weighted by atomic mass is 10.1. The lowest BCUT2D eigenvalue weighted by molar-refractivity contribution is 1.39. The van der Waals surface area contributed by atoms with E-state index in [-0.39, 0.29) is 0 Å². The van der Waals surface area contributed by atoms with Crippen molar-refractivity contribution in [1.29, 1.82) is 0 Å². The summed E-state index contributed by atoms with van der Waals surface area (Å²) in [6.45, 7) is 1.87. The zero-order chi connectivity index (χ0) is 10.3. The number of halogens is 3. The summed E-state index contributed by atoms with van der Waals surface area (Å²) in [6, 6.07) is 5.32. The van der Waals surface area contributed by atoms with Gasteiger partial charge in [0.25, 0.3) is 0 Å². The highest BCUT2D eigenvalue weighted by molar-refractivity contribution is 6.40. The molecule has 1 aromatic carbocycles. The van der Waals surface area contributed by atoms with Crippen LogP contribution in [0, 0.1) is 6.92 Å². The van der Waals surface area contributed by atoms with Gasteiger partial charge in [0.05, 0.1) is 10.5 Å². The van der Waals surface area contributed by atoms with Gasteiger partial charge in [0.1, 0.15) is 5.15 Å². The fourth-order valence-electron chi connectivity index (χ4n) is 1.28. The Bertz CT molecular complexity index is 508. The van der Waals surface area contributed by atoms with Gasteiger partial charge in [-0.1, -0.05) is 34.8 Å². The number of aromatic nitrogens is 1. The van der Waals surface area contributed by atoms with Gasteiger partial charge in [0.2, 0.25) is 0 Å². The first-order chi connectivity index (χ1) is 6.59. The molecule has 2 aromatic rings. The van der Waals surface area contributed by atoms with Crippen molar-refractivity contribution in [3.05, 3.63) is 39.0 Å². The summed E-state index contributed by atoms with van der Waals surface area (Å²) in [4.78, 5) is 4.13. The van der Waals surface area contributed by atoms with Gasteiger partial charge in [-0.05, 0) is 30.7 Å². The number of hydrogen-bond donors (Lipinski definition) is 0. The summed E-state index contributed by atoms with van der Waals surface area (Å²) >= 11 is 17.9. The first kappa shape index (κ1) is 10.0. The molecule has 0 unspecified atom stereocenters. The molecule has 14 heavy (non-hydrogen) atoms. The standard InChI is InChI=1S/C10H6Cl3N/c1-5-7(11)4-8-6(10(5)13)2-3-9(12)14-8/h2-4H,1H3. The number of pyridine rings is 1. The van der Waals surface area contributed by atoms with Crippen LogP contribution >= 0.6 is 34.8 Å². The van der Waals surface area contributed by atoms with Crippen molar-refractivity contribution >= 4 is 45.7 Å². The molecule has 0 aliphatic carbocycles. The number of hydrogen-bond acceptors (Lipinski definition) is 1. The van der Waals surface area contributed by atoms with E-state index >= 15 is 0 Å². The van der Waals surface area contributed by atoms with Crippen LogP contribution < -0.4 is 0 Å². The summed E-state index contributed by atoms with van der Waals surface area (Å²) in [5, 5.41) is 2.56. The van der Waals surface area contributed by atoms with Crippen molar-refractivity contribution in [2.24, 2.45) is 0 Å². The van der Waals surface area contributed by atoms with Gasteiger partial charge in [-0.3, -0.25) is 0 Å². The molecular formula is C10H6Cl3N. The largest absolute Gasteiger partial charge is 0.236 e. The molecule has 0 aliphatic heterocycles. The van der Waals surface area contributed by atoms with E-state index in [0.29, 0.717) is 15.2 Å². The van der Waals surface area contributed by atoms with Crippen molar-refractivity contribution < 1.29 is 0 Å². The normalized spacial score (nSPS) is 10.9. The van der Waals surface area contributed by atoms with Gasteiger partial charge < -0.3 is 0 Å². The molecule has 1 aromatic heterocycles. The van der Waals surface area contributed by atoms with Crippen LogP contribution in [-0.4, -0.2) is 4.98 Å². The monoisotopic (exact) mass is 245 g/mol. The molecule has 0 N–H and O–H groups in total. The Hall–Kier alpha value is -0.500. The smallest absolute Gasteiger partial charge is 0.129 e. The molecule has 0 amide bonds. The van der Waals surface area contributed by atoms with Crippen LogP contribution in [0.4, 0.5) is 0 Å². The predicted octanol–water partition coefficient (Wildman–Crippen LogP) is 4.50. The minimum Gasteiger partial charge on any atom is -0.236 e. The second-order valence-electron chi connectivity index (χ2n) is 3.00. The Kier molecular flexibility index (Phi) is 2.56. The number of rotatable bonds is 0. The second-order valence-corrected chi connectivity index (χ2v) is 4.17. The van der Waals surface area contributed by atoms with E-state index in [4.69, 9.17) is 34.8 Å². The lowest BCUT2D eigenvalue weighted by Crippen LogP contribution is -1.85. The third-order valence-corrected chi connectivity index (χ3v) is 3.17. The van der Waals surface area contributed by atoms with Crippen molar-refractivity contribution in [2.75, 3.05) is 0 Å². The van der Waals surface area contributed by atoms with Crippen molar-refractivity contribution in [3.8, 4) is 0 Å². The van der Waals surface area contributed by atoms with E-state index in [1.54, 1.807) is 12.1 Å². The highest BCUT2D eigenvalue weighted by Gasteiger charge is 2.07. The van der Waals surface area contributed by atoms with Gasteiger partial charge in [-0.2, -0.15) is 0 Å². The van der Waals surface area contributed by atoms with Crippen molar-refractivity contribution in [1.82, 2.24) is 4.98 Å². The first-order valence-corrected chi connectivity index (χ1v) is 5.14. The van der Waals surface area contributed by atoms with Crippen LogP contribution in [-0.2, 0) is 0 Å². The van der Waals surface area contributed by atoms with Crippen LogP contribution in [0.5, 0.6) is 0 Å². The molecule has 1 nitrogen and oxygen atoms in total. The molecule has 0 fully saturated rings. The Balaban J connectivity index is 2.91. The molecule has 0 bridgehead atoms. The SMILES string of the molecule is Cc1c(Cl)cc2nc(Cl)ccc2c1Cl. The second kappa shape index (κ2) is 3.58. The highest BCUT2D eigenvalue weighted by Crippen LogP contribution is 2.32. The third kappa shape index (κ3) is 1.56. The average molecular weight is 247 g/mol. The van der Waals surface area contributed by atoms with E-state index < -0.39 is 0 Å². The number of nitrogens with zero attached hydrogens (tertiary/aromatic N) is 1. The summed E-state index contributed by atoms with van der Waals surface area (Å²) < 4.78 is 0. The number of benzene rings is 1. The molecule has 0 radical (unpaired) electrons. The molecule has 0 aliphatic rings. The topological polar surface area (TPSA) is 12.9 Å². The molecule has 0 atom stereocenters. The Labute approximate surface area is 96.6 Å². The van der Waals surface area contributed by atoms with Gasteiger partial charge >= 0.3 is 0 Å². The van der Waals surface area contributed by atoms with Gasteiger partial charge in [0, 0.05) is 10.4 Å². The van der Waals surface area contributed by atoms with Crippen molar-refractivity contribution in [3.63, 3.8) is 0 Å². The minimum absolute atomic E-state index is 0.438. The van der Waals surface area contributed by atoms with Gasteiger partial charge in [-0.25, -0.2) is 4.98 Å². The zero-order valence-electron chi connectivity index (χ0n) is 7.31. The van der Waals surface area contributed by atoms with Gasteiger partial charge in [0.15, 0.2) is 0 Å². The van der Waals surface area contributed by atoms with E-state index in [1.165, 1.54) is 0 Å². The molecule has 0 saturated carbocycles. The average Bonchev–Trinajstić information content (AvgIpc) is 2.14. The maximum Gasteiger partial charge on any atom is 0.129 e. The third-order valence-electron chi connectivity index (χ3n) is 2.08. The van der Waals surface area contributed by atoms with E-state index in [1.807, 2.05) is 13.0 Å². The quantitative estimate of drug-likeness (QED) is 0.624. The van der Waals surface area contributed by atoms with E-state index in [0.717, 1.165) is 16.5 Å². The predicted molar refractivity (Wildman–Crippen MR) is 61.5 cm³/mol. The molecule has 2 rings (SSSR count). The maximum atomic E-state index is 6.12. The molecule has 1 heterocycles. The van der Waals surface area contributed by atoms with Crippen LogP contribution in [0.25, 0.3) is 10.9 Å². The van der Waals surface area contributed by atoms with Gasteiger partial charge in [-0.15, -0.1) is 0 Å². The highest BCUT2D eigenvalue weighted by atomic mass is 35.5. The Morgan fingerprint density at radius 2 is 1.86 bits per heavy atom. The van der Waals surface area contributed by atoms with E-state index in [2.05, 4.69) is 4.98 Å². The summed E-state index contributed by atoms with van der Waals surface area (Å²) in [5.74, 6) is 0. The van der Waals surface area contributed by atoms with Crippen LogP contribution in [0.15, 0.2) is 18.2 Å². The molecule has 4 heteroatoms. The molecule has 72 valence electrons. The summed E-state index contributed by atoms with van der Waals surface area (Å²) in [5.41, 5.74) is 1.59. The van der Waals surface area contributed by atoms with Crippen LogP contribution in [0.1, 0.15) is 5.56 Å². The first-order valence-electron chi connectivity index (χ1n) is 4.00. The van der Waals surface area contributed by atoms with Crippen molar-refractivity contribution in [2.45, 2.75) is 6.92 Å². The molecule has 0 saturated heterocycles. The van der Waals surface area contributed by atoms with Crippen LogP contribution in [0.3, 0.4) is 0 Å². The zero-order valence-corrected chi connectivity index (χ0v) is 9.58. The summed E-state index contributed by atoms with van der Waals surface area (Å²) in [6.07, 6.45) is 0. The fourth-order valence-corrected chi connectivity index (χ4v) is 1.94. The molecule has 0 spiro atoms. The fraction of sp³-hybridized carbons (Fsp3) is 0.100. The Morgan fingerprint density at radius 1 is 1.14 bits per heavy atom. The molecular weight excluding hydrogens is 240 g/mol. The Morgan fingerprint density at radius 3 is 2.57 bits per heavy atom.